The van der Waals surface area contributed by atoms with Gasteiger partial charge in [-0.1, -0.05) is 18.2 Å². The van der Waals surface area contributed by atoms with Crippen molar-refractivity contribution in [1.29, 1.82) is 0 Å². The van der Waals surface area contributed by atoms with E-state index < -0.39 is 0 Å². The molecule has 0 heterocycles. The first-order valence-corrected chi connectivity index (χ1v) is 5.39. The Bertz CT molecular complexity index is 363. The Kier molecular flexibility index (Phi) is 4.99. The summed E-state index contributed by atoms with van der Waals surface area (Å²) < 4.78 is 18.6. The van der Waals surface area contributed by atoms with Crippen LogP contribution in [0.25, 0.3) is 0 Å². The number of rotatable bonds is 5. The molecule has 2 nitrogen and oxygen atoms in total. The zero-order valence-corrected chi connectivity index (χ0v) is 9.96. The SMILES string of the molecule is CC=CCOc1cc(F)ccc1C(C)NC. The Morgan fingerprint density at radius 1 is 1.50 bits per heavy atom. The van der Waals surface area contributed by atoms with Crippen LogP contribution in [0.4, 0.5) is 4.39 Å². The Morgan fingerprint density at radius 3 is 2.88 bits per heavy atom. The molecule has 0 bridgehead atoms. The molecule has 0 aliphatic carbocycles. The van der Waals surface area contributed by atoms with Gasteiger partial charge in [0.25, 0.3) is 0 Å². The molecule has 3 heteroatoms. The summed E-state index contributed by atoms with van der Waals surface area (Å²) in [6.07, 6.45) is 3.79. The standard InChI is InChI=1S/C13H18FNO/c1-4-5-8-16-13-9-11(14)6-7-12(13)10(2)15-3/h4-7,9-10,15H,8H2,1-3H3. The van der Waals surface area contributed by atoms with Gasteiger partial charge in [-0.05, 0) is 27.0 Å². The first-order chi connectivity index (χ1) is 7.69. The van der Waals surface area contributed by atoms with E-state index in [1.807, 2.05) is 33.0 Å². The zero-order valence-electron chi connectivity index (χ0n) is 9.96. The Labute approximate surface area is 96.1 Å². The highest BCUT2D eigenvalue weighted by Gasteiger charge is 2.10. The first-order valence-electron chi connectivity index (χ1n) is 5.39. The van der Waals surface area contributed by atoms with Crippen LogP contribution in [0, 0.1) is 5.82 Å². The average Bonchev–Trinajstić information content (AvgIpc) is 2.29. The molecule has 1 aromatic carbocycles. The fourth-order valence-electron chi connectivity index (χ4n) is 1.38. The summed E-state index contributed by atoms with van der Waals surface area (Å²) in [5.74, 6) is 0.322. The Morgan fingerprint density at radius 2 is 2.25 bits per heavy atom. The second-order valence-electron chi connectivity index (χ2n) is 3.57. The average molecular weight is 223 g/mol. The summed E-state index contributed by atoms with van der Waals surface area (Å²) >= 11 is 0. The Balaban J connectivity index is 2.89. The number of benzene rings is 1. The summed E-state index contributed by atoms with van der Waals surface area (Å²) in [6, 6.07) is 4.76. The van der Waals surface area contributed by atoms with E-state index in [9.17, 15) is 4.39 Å². The first kappa shape index (κ1) is 12.7. The van der Waals surface area contributed by atoms with Crippen LogP contribution in [-0.2, 0) is 0 Å². The molecular formula is C13H18FNO. The number of nitrogens with one attached hydrogen (secondary N) is 1. The highest BCUT2D eigenvalue weighted by Crippen LogP contribution is 2.25. The molecule has 16 heavy (non-hydrogen) atoms. The number of hydrogen-bond donors (Lipinski definition) is 1. The van der Waals surface area contributed by atoms with Gasteiger partial charge in [0.15, 0.2) is 0 Å². The van der Waals surface area contributed by atoms with Crippen molar-refractivity contribution in [1.82, 2.24) is 5.32 Å². The van der Waals surface area contributed by atoms with E-state index in [-0.39, 0.29) is 11.9 Å². The molecule has 1 N–H and O–H groups in total. The van der Waals surface area contributed by atoms with E-state index in [4.69, 9.17) is 4.74 Å². The monoisotopic (exact) mass is 223 g/mol. The summed E-state index contributed by atoms with van der Waals surface area (Å²) in [4.78, 5) is 0. The topological polar surface area (TPSA) is 21.3 Å². The quantitative estimate of drug-likeness (QED) is 0.775. The van der Waals surface area contributed by atoms with E-state index in [1.54, 1.807) is 6.07 Å². The number of ether oxygens (including phenoxy) is 1. The van der Waals surface area contributed by atoms with Crippen LogP contribution in [0.5, 0.6) is 5.75 Å². The molecule has 0 aliphatic rings. The van der Waals surface area contributed by atoms with Crippen molar-refractivity contribution in [3.05, 3.63) is 41.7 Å². The van der Waals surface area contributed by atoms with E-state index >= 15 is 0 Å². The number of hydrogen-bond acceptors (Lipinski definition) is 2. The lowest BCUT2D eigenvalue weighted by atomic mass is 10.1. The molecule has 0 aliphatic heterocycles. The predicted molar refractivity (Wildman–Crippen MR) is 64.2 cm³/mol. The van der Waals surface area contributed by atoms with Gasteiger partial charge in [0.05, 0.1) is 0 Å². The van der Waals surface area contributed by atoms with Gasteiger partial charge in [0.1, 0.15) is 18.2 Å². The molecule has 1 rings (SSSR count). The normalized spacial score (nSPS) is 13.0. The highest BCUT2D eigenvalue weighted by atomic mass is 19.1. The molecule has 0 spiro atoms. The van der Waals surface area contributed by atoms with Gasteiger partial charge in [-0.2, -0.15) is 0 Å². The van der Waals surface area contributed by atoms with Crippen molar-refractivity contribution in [3.8, 4) is 5.75 Å². The van der Waals surface area contributed by atoms with Crippen molar-refractivity contribution in [2.75, 3.05) is 13.7 Å². The molecule has 88 valence electrons. The summed E-state index contributed by atoms with van der Waals surface area (Å²) in [6.45, 7) is 4.39. The van der Waals surface area contributed by atoms with Crippen molar-refractivity contribution >= 4 is 0 Å². The number of allylic oxidation sites excluding steroid dienone is 1. The molecule has 0 radical (unpaired) electrons. The van der Waals surface area contributed by atoms with Gasteiger partial charge >= 0.3 is 0 Å². The van der Waals surface area contributed by atoms with Crippen LogP contribution >= 0.6 is 0 Å². The van der Waals surface area contributed by atoms with Crippen LogP contribution in [0.15, 0.2) is 30.4 Å². The van der Waals surface area contributed by atoms with E-state index in [2.05, 4.69) is 5.32 Å². The van der Waals surface area contributed by atoms with Gasteiger partial charge in [-0.15, -0.1) is 0 Å². The third kappa shape index (κ3) is 3.35. The minimum atomic E-state index is -0.275. The lowest BCUT2D eigenvalue weighted by molar-refractivity contribution is 0.352. The van der Waals surface area contributed by atoms with Crippen molar-refractivity contribution < 1.29 is 9.13 Å². The zero-order chi connectivity index (χ0) is 12.0. The molecule has 0 amide bonds. The van der Waals surface area contributed by atoms with Crippen molar-refractivity contribution in [2.24, 2.45) is 0 Å². The fourth-order valence-corrected chi connectivity index (χ4v) is 1.38. The molecule has 0 saturated carbocycles. The Hall–Kier alpha value is -1.35. The lowest BCUT2D eigenvalue weighted by Crippen LogP contribution is -2.14. The van der Waals surface area contributed by atoms with Crippen molar-refractivity contribution in [3.63, 3.8) is 0 Å². The molecule has 0 fully saturated rings. The van der Waals surface area contributed by atoms with Crippen LogP contribution in [-0.4, -0.2) is 13.7 Å². The summed E-state index contributed by atoms with van der Waals surface area (Å²) in [5.41, 5.74) is 0.966. The van der Waals surface area contributed by atoms with E-state index in [0.717, 1.165) is 5.56 Å². The van der Waals surface area contributed by atoms with E-state index in [1.165, 1.54) is 12.1 Å². The molecule has 0 aromatic heterocycles. The van der Waals surface area contributed by atoms with Gasteiger partial charge in [-0.25, -0.2) is 4.39 Å². The molecule has 0 saturated heterocycles. The van der Waals surface area contributed by atoms with Crippen LogP contribution in [0.3, 0.4) is 0 Å². The van der Waals surface area contributed by atoms with Gasteiger partial charge < -0.3 is 10.1 Å². The fraction of sp³-hybridized carbons (Fsp3) is 0.385. The van der Waals surface area contributed by atoms with E-state index in [0.29, 0.717) is 12.4 Å². The second kappa shape index (κ2) is 6.28. The van der Waals surface area contributed by atoms with Crippen LogP contribution < -0.4 is 10.1 Å². The third-order valence-electron chi connectivity index (χ3n) is 2.45. The maximum atomic E-state index is 13.1. The smallest absolute Gasteiger partial charge is 0.127 e. The third-order valence-corrected chi connectivity index (χ3v) is 2.45. The molecular weight excluding hydrogens is 205 g/mol. The number of halogens is 1. The van der Waals surface area contributed by atoms with Crippen LogP contribution in [0.2, 0.25) is 0 Å². The van der Waals surface area contributed by atoms with Crippen LogP contribution in [0.1, 0.15) is 25.5 Å². The van der Waals surface area contributed by atoms with Gasteiger partial charge in [-0.3, -0.25) is 0 Å². The maximum Gasteiger partial charge on any atom is 0.127 e. The minimum Gasteiger partial charge on any atom is -0.489 e. The second-order valence-corrected chi connectivity index (χ2v) is 3.57. The molecule has 1 aromatic rings. The minimum absolute atomic E-state index is 0.140. The summed E-state index contributed by atoms with van der Waals surface area (Å²) in [7, 11) is 1.86. The van der Waals surface area contributed by atoms with Gasteiger partial charge in [0.2, 0.25) is 0 Å². The lowest BCUT2D eigenvalue weighted by Gasteiger charge is -2.15. The predicted octanol–water partition coefficient (Wildman–Crippen LogP) is 3.06. The van der Waals surface area contributed by atoms with Crippen molar-refractivity contribution in [2.45, 2.75) is 19.9 Å². The molecule has 1 atom stereocenters. The highest BCUT2D eigenvalue weighted by molar-refractivity contribution is 5.36. The van der Waals surface area contributed by atoms with Gasteiger partial charge in [0, 0.05) is 17.7 Å². The maximum absolute atomic E-state index is 13.1. The summed E-state index contributed by atoms with van der Waals surface area (Å²) in [5, 5.41) is 3.11. The molecule has 1 unspecified atom stereocenters. The largest absolute Gasteiger partial charge is 0.489 e.